The second kappa shape index (κ2) is 8.86. The van der Waals surface area contributed by atoms with Crippen LogP contribution in [0.15, 0.2) is 0 Å². The summed E-state index contributed by atoms with van der Waals surface area (Å²) in [4.78, 5) is 0. The van der Waals surface area contributed by atoms with Crippen molar-refractivity contribution in [2.75, 3.05) is 0 Å². The zero-order valence-corrected chi connectivity index (χ0v) is 3.63. The molecule has 0 aliphatic heterocycles. The molecule has 0 fully saturated rings. The molecule has 0 bridgehead atoms. The van der Waals surface area contributed by atoms with Gasteiger partial charge in [-0.05, 0) is 0 Å². The average Bonchev–Trinajstić information content (AvgIpc) is 0.918. The molecule has 0 aliphatic rings. The molecule has 0 amide bonds. The molecule has 0 saturated carbocycles. The van der Waals surface area contributed by atoms with Gasteiger partial charge in [0.15, 0.2) is 0 Å². The normalized spacial score (nSPS) is 3.50. The first kappa shape index (κ1) is 9.31. The van der Waals surface area contributed by atoms with E-state index < -0.39 is 14.4 Å². The molecule has 0 aliphatic carbocycles. The van der Waals surface area contributed by atoms with Crippen LogP contribution in [0.25, 0.3) is 0 Å². The van der Waals surface area contributed by atoms with Gasteiger partial charge in [-0.25, -0.2) is 0 Å². The maximum atomic E-state index is 8.89. The Bertz CT molecular complexity index is 15.5. The van der Waals surface area contributed by atoms with Gasteiger partial charge in [-0.2, -0.15) is 0 Å². The second-order valence-corrected chi connectivity index (χ2v) is 1.03. The van der Waals surface area contributed by atoms with Gasteiger partial charge in [0.2, 0.25) is 0 Å². The van der Waals surface area contributed by atoms with Crippen molar-refractivity contribution >= 4 is 29.6 Å². The Morgan fingerprint density at radius 1 is 1.75 bits per heavy atom. The van der Waals surface area contributed by atoms with Crippen molar-refractivity contribution in [2.45, 2.75) is 0 Å². The van der Waals surface area contributed by atoms with E-state index in [2.05, 4.69) is 13.6 Å². The van der Waals surface area contributed by atoms with E-state index in [9.17, 15) is 0 Å². The molecule has 0 saturated heterocycles. The molecule has 0 radical (unpaired) electrons. The van der Waals surface area contributed by atoms with E-state index in [0.717, 1.165) is 0 Å². The number of hydrogen-bond acceptors (Lipinski definition) is 1. The standard InChI is InChI=1S/Co.Na.O.V.H. The third-order valence-electron chi connectivity index (χ3n) is 0. The first-order valence-electron chi connectivity index (χ1n) is 0.332. The van der Waals surface area contributed by atoms with Crippen LogP contribution in [0, 0.1) is 0 Å². The fourth-order valence-corrected chi connectivity index (χ4v) is 0. The van der Waals surface area contributed by atoms with Gasteiger partial charge in [0.25, 0.3) is 0 Å². The Hall–Kier alpha value is 1.89. The Morgan fingerprint density at radius 3 is 1.75 bits per heavy atom. The van der Waals surface area contributed by atoms with Crippen molar-refractivity contribution < 1.29 is 31.7 Å². The molecular formula is HCoNaOV. The summed E-state index contributed by atoms with van der Waals surface area (Å²) >= 11 is 2.49. The Morgan fingerprint density at radius 2 is 1.75 bits per heavy atom. The van der Waals surface area contributed by atoms with E-state index in [-0.39, 0.29) is 29.6 Å². The predicted octanol–water partition coefficient (Wildman–Crippen LogP) is -0.772. The van der Waals surface area contributed by atoms with Gasteiger partial charge < -0.3 is 0 Å². The Labute approximate surface area is 60.5 Å². The van der Waals surface area contributed by atoms with E-state index in [0.29, 0.717) is 0 Å². The molecule has 0 aromatic heterocycles. The van der Waals surface area contributed by atoms with Gasteiger partial charge in [0.05, 0.1) is 0 Å². The summed E-state index contributed by atoms with van der Waals surface area (Å²) in [5, 5.41) is 0. The zero-order valence-electron chi connectivity index (χ0n) is 1.19. The molecule has 0 aromatic carbocycles. The molecule has 0 rings (SSSR count). The molecule has 0 heterocycles. The predicted molar refractivity (Wildman–Crippen MR) is 7.84 cm³/mol. The van der Waals surface area contributed by atoms with Crippen molar-refractivity contribution in [2.24, 2.45) is 0 Å². The third kappa shape index (κ3) is 9.09. The van der Waals surface area contributed by atoms with Crippen molar-refractivity contribution in [1.29, 1.82) is 0 Å². The van der Waals surface area contributed by atoms with Crippen LogP contribution in [0.3, 0.4) is 0 Å². The summed E-state index contributed by atoms with van der Waals surface area (Å²) in [6.07, 6.45) is 0. The SMILES string of the molecule is [NaH].[O]=[V][Co]. The van der Waals surface area contributed by atoms with Crippen LogP contribution in [-0.2, 0) is 31.7 Å². The van der Waals surface area contributed by atoms with Crippen LogP contribution in [-0.4, -0.2) is 29.6 Å². The van der Waals surface area contributed by atoms with Gasteiger partial charge in [-0.1, -0.05) is 0 Å². The van der Waals surface area contributed by atoms with Crippen LogP contribution < -0.4 is 0 Å². The fourth-order valence-electron chi connectivity index (χ4n) is 0. The molecule has 1 nitrogen and oxygen atoms in total. The molecular weight excluding hydrogens is 149 g/mol. The third-order valence-corrected chi connectivity index (χ3v) is 0. The summed E-state index contributed by atoms with van der Waals surface area (Å²) in [5.74, 6) is 0. The first-order valence-corrected chi connectivity index (χ1v) is 3.29. The second-order valence-electron chi connectivity index (χ2n) is 0.0609. The Balaban J connectivity index is 0. The van der Waals surface area contributed by atoms with E-state index in [1.807, 2.05) is 0 Å². The van der Waals surface area contributed by atoms with Crippen LogP contribution >= 0.6 is 0 Å². The molecule has 0 atom stereocenters. The van der Waals surface area contributed by atoms with E-state index in [1.165, 1.54) is 0 Å². The first-order chi connectivity index (χ1) is 1.41. The minimum atomic E-state index is -0.875. The molecule has 4 heteroatoms. The van der Waals surface area contributed by atoms with Crippen LogP contribution in [0.2, 0.25) is 0 Å². The number of hydrogen-bond donors (Lipinski definition) is 0. The van der Waals surface area contributed by atoms with Crippen LogP contribution in [0.5, 0.6) is 0 Å². The zero-order chi connectivity index (χ0) is 2.71. The van der Waals surface area contributed by atoms with Gasteiger partial charge in [0.1, 0.15) is 0 Å². The van der Waals surface area contributed by atoms with Gasteiger partial charge >= 0.3 is 61.2 Å². The minimum absolute atomic E-state index is 0. The van der Waals surface area contributed by atoms with Gasteiger partial charge in [-0.3, -0.25) is 0 Å². The van der Waals surface area contributed by atoms with Crippen molar-refractivity contribution in [3.8, 4) is 0 Å². The van der Waals surface area contributed by atoms with E-state index in [4.69, 9.17) is 3.67 Å². The van der Waals surface area contributed by atoms with Crippen LogP contribution in [0.4, 0.5) is 0 Å². The molecule has 0 spiro atoms. The summed E-state index contributed by atoms with van der Waals surface area (Å²) in [5.41, 5.74) is 0. The molecule has 4 heavy (non-hydrogen) atoms. The molecule has 22 valence electrons. The monoisotopic (exact) mass is 150 g/mol. The van der Waals surface area contributed by atoms with Gasteiger partial charge in [0, 0.05) is 0 Å². The van der Waals surface area contributed by atoms with Gasteiger partial charge in [-0.15, -0.1) is 0 Å². The summed E-state index contributed by atoms with van der Waals surface area (Å²) in [6, 6.07) is 0. The van der Waals surface area contributed by atoms with Crippen molar-refractivity contribution in [3.63, 3.8) is 0 Å². The topological polar surface area (TPSA) is 17.1 Å². The summed E-state index contributed by atoms with van der Waals surface area (Å²) < 4.78 is 8.89. The van der Waals surface area contributed by atoms with Crippen molar-refractivity contribution in [3.05, 3.63) is 0 Å². The fraction of sp³-hybridized carbons (Fsp3) is 0. The molecule has 0 N–H and O–H groups in total. The Kier molecular flexibility index (Phi) is 20.6. The quantitative estimate of drug-likeness (QED) is 0.414. The van der Waals surface area contributed by atoms with Crippen molar-refractivity contribution in [1.82, 2.24) is 0 Å². The summed E-state index contributed by atoms with van der Waals surface area (Å²) in [7, 11) is 0. The molecule has 0 aromatic rings. The number of rotatable bonds is 0. The average molecular weight is 150 g/mol. The van der Waals surface area contributed by atoms with Crippen LogP contribution in [0.1, 0.15) is 0 Å². The summed E-state index contributed by atoms with van der Waals surface area (Å²) in [6.45, 7) is 0. The van der Waals surface area contributed by atoms with E-state index >= 15 is 0 Å². The maximum absolute atomic E-state index is 8.89. The molecule has 0 unspecified atom stereocenters. The van der Waals surface area contributed by atoms with E-state index in [1.54, 1.807) is 0 Å².